The second-order valence-electron chi connectivity index (χ2n) is 3.40. The maximum atomic E-state index is 10.6. The number of benzene rings is 1. The van der Waals surface area contributed by atoms with Crippen LogP contribution in [0.3, 0.4) is 0 Å². The number of carbonyl (C=O) groups is 1. The molecule has 0 bridgehead atoms. The number of aromatic nitrogens is 1. The van der Waals surface area contributed by atoms with Crippen LogP contribution in [0.4, 0.5) is 19.0 Å². The van der Waals surface area contributed by atoms with Gasteiger partial charge in [-0.1, -0.05) is 0 Å². The van der Waals surface area contributed by atoms with Gasteiger partial charge in [-0.25, -0.2) is 9.78 Å². The number of halogens is 3. The first-order valence-electron chi connectivity index (χ1n) is 4.85. The molecule has 1 aromatic heterocycles. The number of rotatable bonds is 0. The number of aliphatic carboxylic acids is 1. The number of alkyl halides is 3. The van der Waals surface area contributed by atoms with Gasteiger partial charge >= 0.3 is 12.1 Å². The van der Waals surface area contributed by atoms with E-state index < -0.39 is 12.1 Å². The highest BCUT2D eigenvalue weighted by atomic mass is 19.4. The number of hydrogen-bond acceptors (Lipinski definition) is 4. The Morgan fingerprint density at radius 3 is 2.37 bits per heavy atom. The molecule has 0 aliphatic rings. The zero-order valence-corrected chi connectivity index (χ0v) is 9.35. The lowest BCUT2D eigenvalue weighted by Crippen LogP contribution is -2.21. The number of carboxylic acids is 1. The number of carboxylic acid groups (broad SMARTS) is 1. The predicted octanol–water partition coefficient (Wildman–Crippen LogP) is 2.16. The highest BCUT2D eigenvalue weighted by molar-refractivity contribution is 5.91. The minimum absolute atomic E-state index is 0.244. The van der Waals surface area contributed by atoms with E-state index in [2.05, 4.69) is 4.98 Å². The Kier molecular flexibility index (Phi) is 4.15. The van der Waals surface area contributed by atoms with E-state index in [0.717, 1.165) is 10.8 Å². The molecule has 1 heterocycles. The monoisotopic (exact) mass is 274 g/mol. The van der Waals surface area contributed by atoms with Gasteiger partial charge in [-0.2, -0.15) is 13.2 Å². The van der Waals surface area contributed by atoms with E-state index >= 15 is 0 Å². The fourth-order valence-electron chi connectivity index (χ4n) is 1.19. The maximum absolute atomic E-state index is 10.6. The average Bonchev–Trinajstić information content (AvgIpc) is 2.28. The van der Waals surface area contributed by atoms with E-state index in [0.29, 0.717) is 5.82 Å². The summed E-state index contributed by atoms with van der Waals surface area (Å²) in [6.07, 6.45) is -3.46. The van der Waals surface area contributed by atoms with Crippen molar-refractivity contribution in [1.29, 1.82) is 0 Å². The van der Waals surface area contributed by atoms with Crippen molar-refractivity contribution in [2.75, 3.05) is 5.73 Å². The molecule has 2 aromatic rings. The summed E-state index contributed by atoms with van der Waals surface area (Å²) in [6, 6.07) is 6.83. The molecule has 0 aliphatic heterocycles. The first-order chi connectivity index (χ1) is 8.71. The van der Waals surface area contributed by atoms with Crippen molar-refractivity contribution in [3.8, 4) is 5.75 Å². The standard InChI is InChI=1S/C9H8N2O.C2HF3O2/c10-9-8-2-1-7(12)5-6(8)3-4-11-9;3-2(4,5)1(6)7/h1-5,12H,(H2,10,11);(H,6,7). The van der Waals surface area contributed by atoms with Gasteiger partial charge in [-0.15, -0.1) is 0 Å². The van der Waals surface area contributed by atoms with E-state index in [4.69, 9.17) is 20.7 Å². The summed E-state index contributed by atoms with van der Waals surface area (Å²) in [7, 11) is 0. The number of phenols is 1. The molecule has 0 atom stereocenters. The summed E-state index contributed by atoms with van der Waals surface area (Å²) in [5.74, 6) is -2.02. The maximum Gasteiger partial charge on any atom is 0.490 e. The molecule has 0 saturated heterocycles. The zero-order valence-electron chi connectivity index (χ0n) is 9.35. The number of nitrogen functional groups attached to an aromatic ring is 1. The molecule has 0 radical (unpaired) electrons. The van der Waals surface area contributed by atoms with Gasteiger partial charge in [-0.3, -0.25) is 0 Å². The molecule has 0 spiro atoms. The molecule has 5 nitrogen and oxygen atoms in total. The van der Waals surface area contributed by atoms with Gasteiger partial charge in [0.25, 0.3) is 0 Å². The van der Waals surface area contributed by atoms with Crippen LogP contribution in [0.25, 0.3) is 10.8 Å². The molecule has 2 rings (SSSR count). The van der Waals surface area contributed by atoms with Gasteiger partial charge < -0.3 is 15.9 Å². The molecular formula is C11H9F3N2O3. The van der Waals surface area contributed by atoms with E-state index in [9.17, 15) is 13.2 Å². The van der Waals surface area contributed by atoms with Crippen molar-refractivity contribution in [3.05, 3.63) is 30.5 Å². The zero-order chi connectivity index (χ0) is 14.6. The Labute approximate surface area is 105 Å². The number of pyridine rings is 1. The van der Waals surface area contributed by atoms with Crippen molar-refractivity contribution < 1.29 is 28.2 Å². The second kappa shape index (κ2) is 5.42. The Hall–Kier alpha value is -2.51. The molecule has 0 unspecified atom stereocenters. The number of anilines is 1. The fourth-order valence-corrected chi connectivity index (χ4v) is 1.19. The third-order valence-corrected chi connectivity index (χ3v) is 2.02. The molecule has 8 heteroatoms. The Morgan fingerprint density at radius 2 is 1.84 bits per heavy atom. The van der Waals surface area contributed by atoms with E-state index in [1.165, 1.54) is 0 Å². The van der Waals surface area contributed by atoms with Crippen LogP contribution in [0.1, 0.15) is 0 Å². The van der Waals surface area contributed by atoms with Crippen LogP contribution >= 0.6 is 0 Å². The molecule has 0 aliphatic carbocycles. The number of phenolic OH excluding ortho intramolecular Hbond substituents is 1. The van der Waals surface area contributed by atoms with Gasteiger partial charge in [0.15, 0.2) is 0 Å². The number of hydrogen-bond donors (Lipinski definition) is 3. The summed E-state index contributed by atoms with van der Waals surface area (Å²) in [4.78, 5) is 12.8. The lowest BCUT2D eigenvalue weighted by Gasteiger charge is -1.99. The van der Waals surface area contributed by atoms with Crippen LogP contribution in [0, 0.1) is 0 Å². The lowest BCUT2D eigenvalue weighted by atomic mass is 10.1. The van der Waals surface area contributed by atoms with Crippen molar-refractivity contribution in [3.63, 3.8) is 0 Å². The minimum Gasteiger partial charge on any atom is -0.508 e. The first-order valence-corrected chi connectivity index (χ1v) is 4.85. The van der Waals surface area contributed by atoms with Crippen molar-refractivity contribution in [2.45, 2.75) is 6.18 Å². The van der Waals surface area contributed by atoms with Crippen LogP contribution in [0.2, 0.25) is 0 Å². The molecule has 102 valence electrons. The van der Waals surface area contributed by atoms with Crippen molar-refractivity contribution in [2.24, 2.45) is 0 Å². The van der Waals surface area contributed by atoms with Crippen LogP contribution in [0.15, 0.2) is 30.5 Å². The van der Waals surface area contributed by atoms with Crippen molar-refractivity contribution >= 4 is 22.6 Å². The summed E-state index contributed by atoms with van der Waals surface area (Å²) in [5, 5.41) is 18.1. The smallest absolute Gasteiger partial charge is 0.490 e. The summed E-state index contributed by atoms with van der Waals surface area (Å²) in [6.45, 7) is 0. The molecule has 1 aromatic carbocycles. The highest BCUT2D eigenvalue weighted by Crippen LogP contribution is 2.22. The van der Waals surface area contributed by atoms with Gasteiger partial charge in [0, 0.05) is 11.6 Å². The summed E-state index contributed by atoms with van der Waals surface area (Å²) >= 11 is 0. The average molecular weight is 274 g/mol. The Morgan fingerprint density at radius 1 is 1.26 bits per heavy atom. The van der Waals surface area contributed by atoms with Gasteiger partial charge in [0.2, 0.25) is 0 Å². The van der Waals surface area contributed by atoms with Gasteiger partial charge in [0.1, 0.15) is 11.6 Å². The first kappa shape index (κ1) is 14.6. The van der Waals surface area contributed by atoms with Crippen LogP contribution < -0.4 is 5.73 Å². The molecule has 0 fully saturated rings. The van der Waals surface area contributed by atoms with E-state index in [1.54, 1.807) is 24.4 Å². The molecule has 0 amide bonds. The quantitative estimate of drug-likeness (QED) is 0.684. The predicted molar refractivity (Wildman–Crippen MR) is 61.5 cm³/mol. The number of aromatic hydroxyl groups is 1. The third kappa shape index (κ3) is 4.02. The summed E-state index contributed by atoms with van der Waals surface area (Å²) < 4.78 is 31.7. The number of nitrogens with zero attached hydrogens (tertiary/aromatic N) is 1. The van der Waals surface area contributed by atoms with Crippen LogP contribution in [0.5, 0.6) is 5.75 Å². The molecular weight excluding hydrogens is 265 g/mol. The minimum atomic E-state index is -5.08. The number of fused-ring (bicyclic) bond motifs is 1. The topological polar surface area (TPSA) is 96.4 Å². The highest BCUT2D eigenvalue weighted by Gasteiger charge is 2.38. The van der Waals surface area contributed by atoms with Gasteiger partial charge in [0.05, 0.1) is 0 Å². The van der Waals surface area contributed by atoms with Crippen molar-refractivity contribution in [1.82, 2.24) is 4.98 Å². The Bertz CT molecular complexity index is 599. The van der Waals surface area contributed by atoms with E-state index in [1.807, 2.05) is 6.07 Å². The second-order valence-corrected chi connectivity index (χ2v) is 3.40. The molecule has 19 heavy (non-hydrogen) atoms. The fraction of sp³-hybridized carbons (Fsp3) is 0.0909. The number of nitrogens with two attached hydrogens (primary N) is 1. The largest absolute Gasteiger partial charge is 0.508 e. The third-order valence-electron chi connectivity index (χ3n) is 2.02. The lowest BCUT2D eigenvalue weighted by molar-refractivity contribution is -0.192. The molecule has 4 N–H and O–H groups in total. The van der Waals surface area contributed by atoms with Crippen LogP contribution in [-0.2, 0) is 4.79 Å². The van der Waals surface area contributed by atoms with Crippen LogP contribution in [-0.4, -0.2) is 27.3 Å². The Balaban J connectivity index is 0.000000224. The normalized spacial score (nSPS) is 10.7. The van der Waals surface area contributed by atoms with Gasteiger partial charge in [-0.05, 0) is 29.7 Å². The molecule has 0 saturated carbocycles. The van der Waals surface area contributed by atoms with E-state index in [-0.39, 0.29) is 5.75 Å². The summed E-state index contributed by atoms with van der Waals surface area (Å²) in [5.41, 5.74) is 5.61. The SMILES string of the molecule is Nc1nccc2cc(O)ccc12.O=C(O)C(F)(F)F.